The molecule has 0 spiro atoms. The summed E-state index contributed by atoms with van der Waals surface area (Å²) in [4.78, 5) is 10.5. The number of rotatable bonds is 2. The van der Waals surface area contributed by atoms with Crippen LogP contribution in [-0.4, -0.2) is 5.97 Å². The van der Waals surface area contributed by atoms with Gasteiger partial charge in [-0.3, -0.25) is 4.79 Å². The Morgan fingerprint density at radius 2 is 2.40 bits per heavy atom. The second-order valence-corrected chi connectivity index (χ2v) is 2.17. The molecular formula is C8H10O2. The molecule has 1 aliphatic rings. The molecule has 0 aromatic carbocycles. The fraction of sp³-hybridized carbons (Fsp3) is 0.375. The Hall–Kier alpha value is -1.05. The van der Waals surface area contributed by atoms with Crippen LogP contribution in [0.15, 0.2) is 24.5 Å². The lowest BCUT2D eigenvalue weighted by Gasteiger charge is -1.91. The van der Waals surface area contributed by atoms with Gasteiger partial charge in [-0.2, -0.15) is 0 Å². The molecule has 0 aliphatic carbocycles. The van der Waals surface area contributed by atoms with Gasteiger partial charge in [0.2, 0.25) is 0 Å². The zero-order valence-corrected chi connectivity index (χ0v) is 5.80. The number of carbonyl (C=O) groups excluding carboxylic acids is 1. The van der Waals surface area contributed by atoms with Gasteiger partial charge in [0.05, 0.1) is 6.42 Å². The first-order valence-electron chi connectivity index (χ1n) is 3.33. The Bertz CT molecular complexity index is 180. The van der Waals surface area contributed by atoms with Gasteiger partial charge in [-0.05, 0) is 12.5 Å². The lowest BCUT2D eigenvalue weighted by Crippen LogP contribution is -1.88. The van der Waals surface area contributed by atoms with E-state index in [1.54, 1.807) is 6.08 Å². The van der Waals surface area contributed by atoms with Crippen LogP contribution >= 0.6 is 0 Å². The van der Waals surface area contributed by atoms with E-state index in [4.69, 9.17) is 4.74 Å². The molecule has 1 saturated heterocycles. The highest BCUT2D eigenvalue weighted by Crippen LogP contribution is 2.17. The maximum atomic E-state index is 10.5. The Balaban J connectivity index is 2.43. The molecule has 0 radical (unpaired) electrons. The fourth-order valence-electron chi connectivity index (χ4n) is 0.832. The summed E-state index contributed by atoms with van der Waals surface area (Å²) < 4.78 is 4.84. The first-order valence-corrected chi connectivity index (χ1v) is 3.33. The van der Waals surface area contributed by atoms with Gasteiger partial charge in [0.1, 0.15) is 5.76 Å². The van der Waals surface area contributed by atoms with E-state index in [1.807, 2.05) is 6.08 Å². The van der Waals surface area contributed by atoms with E-state index in [0.29, 0.717) is 6.42 Å². The maximum Gasteiger partial charge on any atom is 0.311 e. The predicted octanol–water partition coefficient (Wildman–Crippen LogP) is 1.78. The zero-order chi connectivity index (χ0) is 7.40. The van der Waals surface area contributed by atoms with Crippen molar-refractivity contribution in [2.75, 3.05) is 0 Å². The van der Waals surface area contributed by atoms with Crippen LogP contribution < -0.4 is 0 Å². The van der Waals surface area contributed by atoms with Crippen molar-refractivity contribution in [3.8, 4) is 0 Å². The minimum atomic E-state index is -0.115. The topological polar surface area (TPSA) is 26.3 Å². The minimum Gasteiger partial charge on any atom is -0.431 e. The normalized spacial score (nSPS) is 21.2. The average molecular weight is 138 g/mol. The minimum absolute atomic E-state index is 0.115. The Morgan fingerprint density at radius 1 is 1.60 bits per heavy atom. The van der Waals surface area contributed by atoms with E-state index in [1.165, 1.54) is 0 Å². The highest BCUT2D eigenvalue weighted by atomic mass is 16.5. The number of carbonyl (C=O) groups is 1. The Kier molecular flexibility index (Phi) is 2.26. The molecule has 0 atom stereocenters. The molecule has 2 heteroatoms. The van der Waals surface area contributed by atoms with Gasteiger partial charge in [-0.1, -0.05) is 6.08 Å². The standard InChI is InChI=1S/C8H10O2/c1-2-3-4-7-5-6-8(9)10-7/h2,4H,1,3,5-6H2/b7-4-. The quantitative estimate of drug-likeness (QED) is 0.429. The first-order chi connectivity index (χ1) is 4.83. The summed E-state index contributed by atoms with van der Waals surface area (Å²) in [6.07, 6.45) is 5.73. The van der Waals surface area contributed by atoms with Crippen LogP contribution in [0, 0.1) is 0 Å². The molecule has 54 valence electrons. The van der Waals surface area contributed by atoms with Crippen LogP contribution in [0.4, 0.5) is 0 Å². The second kappa shape index (κ2) is 3.20. The van der Waals surface area contributed by atoms with Crippen LogP contribution in [-0.2, 0) is 9.53 Å². The summed E-state index contributed by atoms with van der Waals surface area (Å²) in [5.41, 5.74) is 0. The fourth-order valence-corrected chi connectivity index (χ4v) is 0.832. The van der Waals surface area contributed by atoms with Crippen molar-refractivity contribution in [2.24, 2.45) is 0 Å². The number of hydrogen-bond donors (Lipinski definition) is 0. The highest BCUT2D eigenvalue weighted by Gasteiger charge is 2.15. The molecule has 0 N–H and O–H groups in total. The van der Waals surface area contributed by atoms with Crippen molar-refractivity contribution in [1.82, 2.24) is 0 Å². The second-order valence-electron chi connectivity index (χ2n) is 2.17. The third kappa shape index (κ3) is 1.72. The van der Waals surface area contributed by atoms with Crippen molar-refractivity contribution in [3.05, 3.63) is 24.5 Å². The molecule has 10 heavy (non-hydrogen) atoms. The SMILES string of the molecule is C=CC/C=C1/CCC(=O)O1. The number of ether oxygens (including phenoxy) is 1. The maximum absolute atomic E-state index is 10.5. The summed E-state index contributed by atoms with van der Waals surface area (Å²) in [5, 5.41) is 0. The van der Waals surface area contributed by atoms with Crippen molar-refractivity contribution >= 4 is 5.97 Å². The van der Waals surface area contributed by atoms with Gasteiger partial charge in [0, 0.05) is 6.42 Å². The van der Waals surface area contributed by atoms with Gasteiger partial charge >= 0.3 is 5.97 Å². The van der Waals surface area contributed by atoms with Crippen molar-refractivity contribution in [1.29, 1.82) is 0 Å². The van der Waals surface area contributed by atoms with Crippen LogP contribution in [0.2, 0.25) is 0 Å². The molecule has 2 nitrogen and oxygen atoms in total. The highest BCUT2D eigenvalue weighted by molar-refractivity contribution is 5.73. The van der Waals surface area contributed by atoms with Crippen LogP contribution in [0.5, 0.6) is 0 Å². The number of allylic oxidation sites excluding steroid dienone is 3. The van der Waals surface area contributed by atoms with Crippen LogP contribution in [0.25, 0.3) is 0 Å². The monoisotopic (exact) mass is 138 g/mol. The summed E-state index contributed by atoms with van der Waals surface area (Å²) in [7, 11) is 0. The summed E-state index contributed by atoms with van der Waals surface area (Å²) >= 11 is 0. The number of esters is 1. The van der Waals surface area contributed by atoms with Gasteiger partial charge < -0.3 is 4.74 Å². The Morgan fingerprint density at radius 3 is 2.90 bits per heavy atom. The number of cyclic esters (lactones) is 1. The molecule has 1 rings (SSSR count). The molecule has 1 fully saturated rings. The van der Waals surface area contributed by atoms with Crippen molar-refractivity contribution in [2.45, 2.75) is 19.3 Å². The molecule has 0 amide bonds. The molecule has 0 aromatic rings. The first kappa shape index (κ1) is 7.06. The van der Waals surface area contributed by atoms with E-state index in [0.717, 1.165) is 18.6 Å². The van der Waals surface area contributed by atoms with E-state index in [9.17, 15) is 4.79 Å². The lowest BCUT2D eigenvalue weighted by molar-refractivity contribution is -0.135. The largest absolute Gasteiger partial charge is 0.431 e. The van der Waals surface area contributed by atoms with E-state index >= 15 is 0 Å². The average Bonchev–Trinajstić information content (AvgIpc) is 2.31. The van der Waals surface area contributed by atoms with Crippen molar-refractivity contribution < 1.29 is 9.53 Å². The molecule has 0 saturated carbocycles. The van der Waals surface area contributed by atoms with Gasteiger partial charge in [0.15, 0.2) is 0 Å². The van der Waals surface area contributed by atoms with E-state index in [-0.39, 0.29) is 5.97 Å². The third-order valence-corrected chi connectivity index (χ3v) is 1.33. The Labute approximate surface area is 60.2 Å². The van der Waals surface area contributed by atoms with Crippen molar-refractivity contribution in [3.63, 3.8) is 0 Å². The van der Waals surface area contributed by atoms with Crippen LogP contribution in [0.1, 0.15) is 19.3 Å². The molecular weight excluding hydrogens is 128 g/mol. The zero-order valence-electron chi connectivity index (χ0n) is 5.80. The van der Waals surface area contributed by atoms with E-state index in [2.05, 4.69) is 6.58 Å². The van der Waals surface area contributed by atoms with Crippen LogP contribution in [0.3, 0.4) is 0 Å². The molecule has 1 heterocycles. The smallest absolute Gasteiger partial charge is 0.311 e. The van der Waals surface area contributed by atoms with Gasteiger partial charge in [-0.25, -0.2) is 0 Å². The molecule has 0 unspecified atom stereocenters. The van der Waals surface area contributed by atoms with E-state index < -0.39 is 0 Å². The third-order valence-electron chi connectivity index (χ3n) is 1.33. The summed E-state index contributed by atoms with van der Waals surface area (Å²) in [5.74, 6) is 0.681. The van der Waals surface area contributed by atoms with Gasteiger partial charge in [0.25, 0.3) is 0 Å². The summed E-state index contributed by atoms with van der Waals surface area (Å²) in [6.45, 7) is 3.56. The molecule has 0 bridgehead atoms. The molecule has 1 aliphatic heterocycles. The number of hydrogen-bond acceptors (Lipinski definition) is 2. The lowest BCUT2D eigenvalue weighted by atomic mass is 10.3. The predicted molar refractivity (Wildman–Crippen MR) is 38.2 cm³/mol. The summed E-state index contributed by atoms with van der Waals surface area (Å²) in [6, 6.07) is 0. The van der Waals surface area contributed by atoms with Gasteiger partial charge in [-0.15, -0.1) is 6.58 Å². The molecule has 0 aromatic heterocycles.